The third kappa shape index (κ3) is 5.88. The number of halogens is 3. The summed E-state index contributed by atoms with van der Waals surface area (Å²) in [6.45, 7) is 0. The first-order chi connectivity index (χ1) is 13.9. The second-order valence-corrected chi connectivity index (χ2v) is 8.12. The summed E-state index contributed by atoms with van der Waals surface area (Å²) >= 11 is 6.27. The lowest BCUT2D eigenvalue weighted by atomic mass is 9.80. The van der Waals surface area contributed by atoms with Crippen molar-refractivity contribution in [3.8, 4) is 5.75 Å². The van der Waals surface area contributed by atoms with E-state index >= 15 is 0 Å². The Balaban J connectivity index is 0.00000171. The molecule has 0 amide bonds. The molecule has 0 atom stereocenters. The quantitative estimate of drug-likeness (QED) is 0.475. The van der Waals surface area contributed by atoms with Crippen molar-refractivity contribution in [2.45, 2.75) is 37.3 Å². The van der Waals surface area contributed by atoms with Crippen LogP contribution < -0.4 is 16.2 Å². The predicted molar refractivity (Wildman–Crippen MR) is 133 cm³/mol. The molecule has 1 fully saturated rings. The van der Waals surface area contributed by atoms with Gasteiger partial charge in [-0.1, -0.05) is 29.8 Å². The molecule has 5 nitrogen and oxygen atoms in total. The Morgan fingerprint density at radius 1 is 1.03 bits per heavy atom. The van der Waals surface area contributed by atoms with Gasteiger partial charge in [-0.25, -0.2) is 9.97 Å². The van der Waals surface area contributed by atoms with Gasteiger partial charge < -0.3 is 16.2 Å². The molecule has 1 aliphatic carbocycles. The molecule has 31 heavy (non-hydrogen) atoms. The Bertz CT molecular complexity index is 1060. The first kappa shape index (κ1) is 25.4. The fourth-order valence-corrected chi connectivity index (χ4v) is 4.06. The van der Waals surface area contributed by atoms with Crippen LogP contribution in [0.25, 0.3) is 23.1 Å². The molecule has 0 aliphatic heterocycles. The zero-order valence-corrected chi connectivity index (χ0v) is 19.6. The van der Waals surface area contributed by atoms with Gasteiger partial charge in [-0.2, -0.15) is 0 Å². The van der Waals surface area contributed by atoms with E-state index < -0.39 is 5.66 Å². The average Bonchev–Trinajstić information content (AvgIpc) is 2.72. The second-order valence-electron chi connectivity index (χ2n) is 7.71. The highest BCUT2D eigenvalue weighted by atomic mass is 35.5. The number of ether oxygens (including phenoxy) is 1. The molecule has 2 aromatic carbocycles. The van der Waals surface area contributed by atoms with Crippen LogP contribution in [0.2, 0.25) is 5.02 Å². The number of benzene rings is 2. The van der Waals surface area contributed by atoms with E-state index in [2.05, 4.69) is 0 Å². The SMILES string of the molecule is COc1ccc2nc(C=Cc3ccccc3Cl)nc(C3CCC(N)(N)CC3)c2c1.Cl.Cl. The standard InChI is InChI=1S/C23H25ClN4O.2ClH/c1-29-17-7-8-20-18(14-17)22(16-10-12-23(25,26)13-11-16)28-21(27-20)9-6-15-4-2-3-5-19(15)24;;/h2-9,14,16H,10-13,25-26H2,1H3;2*1H. The van der Waals surface area contributed by atoms with Gasteiger partial charge in [0.2, 0.25) is 0 Å². The van der Waals surface area contributed by atoms with Crippen LogP contribution in [-0.2, 0) is 0 Å². The Morgan fingerprint density at radius 3 is 2.42 bits per heavy atom. The minimum absolute atomic E-state index is 0. The molecule has 1 aromatic heterocycles. The van der Waals surface area contributed by atoms with Crippen LogP contribution in [0.15, 0.2) is 42.5 Å². The smallest absolute Gasteiger partial charge is 0.152 e. The molecule has 0 bridgehead atoms. The predicted octanol–water partition coefficient (Wildman–Crippen LogP) is 5.58. The van der Waals surface area contributed by atoms with Crippen LogP contribution in [0.1, 0.15) is 48.7 Å². The van der Waals surface area contributed by atoms with Gasteiger partial charge in [0.25, 0.3) is 0 Å². The number of rotatable bonds is 4. The maximum atomic E-state index is 6.27. The van der Waals surface area contributed by atoms with E-state index in [1.807, 2.05) is 54.6 Å². The van der Waals surface area contributed by atoms with Gasteiger partial charge in [0, 0.05) is 16.3 Å². The number of fused-ring (bicyclic) bond motifs is 1. The van der Waals surface area contributed by atoms with Gasteiger partial charge >= 0.3 is 0 Å². The van der Waals surface area contributed by atoms with Crippen molar-refractivity contribution in [2.75, 3.05) is 7.11 Å². The molecule has 4 rings (SSSR count). The Hall–Kier alpha value is -1.89. The molecule has 0 radical (unpaired) electrons. The van der Waals surface area contributed by atoms with Crippen molar-refractivity contribution in [2.24, 2.45) is 11.5 Å². The summed E-state index contributed by atoms with van der Waals surface area (Å²) in [6.07, 6.45) is 7.22. The molecule has 0 spiro atoms. The summed E-state index contributed by atoms with van der Waals surface area (Å²) in [5.74, 6) is 1.75. The van der Waals surface area contributed by atoms with Crippen molar-refractivity contribution in [3.63, 3.8) is 0 Å². The zero-order chi connectivity index (χ0) is 20.4. The number of aromatic nitrogens is 2. The van der Waals surface area contributed by atoms with Crippen LogP contribution in [0.3, 0.4) is 0 Å². The van der Waals surface area contributed by atoms with E-state index in [0.717, 1.165) is 53.6 Å². The van der Waals surface area contributed by atoms with Gasteiger partial charge in [-0.05, 0) is 67.7 Å². The fraction of sp³-hybridized carbons (Fsp3) is 0.304. The molecule has 8 heteroatoms. The minimum atomic E-state index is -0.580. The highest BCUT2D eigenvalue weighted by Gasteiger charge is 2.30. The third-order valence-electron chi connectivity index (χ3n) is 5.57. The summed E-state index contributed by atoms with van der Waals surface area (Å²) in [5, 5.41) is 1.72. The topological polar surface area (TPSA) is 87.0 Å². The Kier molecular flexibility index (Phi) is 8.69. The zero-order valence-electron chi connectivity index (χ0n) is 17.3. The van der Waals surface area contributed by atoms with E-state index in [9.17, 15) is 0 Å². The maximum Gasteiger partial charge on any atom is 0.152 e. The third-order valence-corrected chi connectivity index (χ3v) is 5.91. The van der Waals surface area contributed by atoms with Gasteiger partial charge in [-0.15, -0.1) is 24.8 Å². The normalized spacial score (nSPS) is 16.0. The number of nitrogens with zero attached hydrogens (tertiary/aromatic N) is 2. The molecule has 0 unspecified atom stereocenters. The van der Waals surface area contributed by atoms with E-state index in [-0.39, 0.29) is 24.8 Å². The van der Waals surface area contributed by atoms with Crippen LogP contribution in [0.5, 0.6) is 5.75 Å². The van der Waals surface area contributed by atoms with E-state index in [4.69, 9.17) is 37.8 Å². The monoisotopic (exact) mass is 480 g/mol. The van der Waals surface area contributed by atoms with Crippen LogP contribution in [0, 0.1) is 0 Å². The molecule has 1 aliphatic rings. The molecule has 0 saturated heterocycles. The summed E-state index contributed by atoms with van der Waals surface area (Å²) in [4.78, 5) is 9.65. The first-order valence-electron chi connectivity index (χ1n) is 9.81. The van der Waals surface area contributed by atoms with Crippen molar-refractivity contribution in [1.29, 1.82) is 0 Å². The van der Waals surface area contributed by atoms with Gasteiger partial charge in [0.05, 0.1) is 24.0 Å². The van der Waals surface area contributed by atoms with Crippen molar-refractivity contribution in [3.05, 3.63) is 64.6 Å². The molecule has 1 saturated carbocycles. The summed E-state index contributed by atoms with van der Waals surface area (Å²) in [6, 6.07) is 13.6. The number of nitrogens with two attached hydrogens (primary N) is 2. The summed E-state index contributed by atoms with van der Waals surface area (Å²) in [5.41, 5.74) is 14.5. The van der Waals surface area contributed by atoms with Crippen molar-refractivity contribution in [1.82, 2.24) is 9.97 Å². The Labute approximate surface area is 200 Å². The van der Waals surface area contributed by atoms with Gasteiger partial charge in [0.1, 0.15) is 5.75 Å². The second kappa shape index (κ2) is 10.6. The number of hydrogen-bond acceptors (Lipinski definition) is 5. The highest BCUT2D eigenvalue weighted by molar-refractivity contribution is 6.32. The summed E-state index contributed by atoms with van der Waals surface area (Å²) in [7, 11) is 1.67. The number of methoxy groups -OCH3 is 1. The molecule has 166 valence electrons. The molecular weight excluding hydrogens is 455 g/mol. The van der Waals surface area contributed by atoms with Crippen LogP contribution in [-0.4, -0.2) is 22.7 Å². The maximum absolute atomic E-state index is 6.27. The lowest BCUT2D eigenvalue weighted by molar-refractivity contribution is 0.279. The largest absolute Gasteiger partial charge is 0.497 e. The van der Waals surface area contributed by atoms with Crippen molar-refractivity contribution >= 4 is 59.5 Å². The lowest BCUT2D eigenvalue weighted by Crippen LogP contribution is -2.51. The van der Waals surface area contributed by atoms with Crippen LogP contribution >= 0.6 is 36.4 Å². The van der Waals surface area contributed by atoms with Gasteiger partial charge in [-0.3, -0.25) is 0 Å². The Morgan fingerprint density at radius 2 is 1.74 bits per heavy atom. The van der Waals surface area contributed by atoms with Gasteiger partial charge in [0.15, 0.2) is 5.82 Å². The average molecular weight is 482 g/mol. The molecular formula is C23H27Cl3N4O. The first-order valence-corrected chi connectivity index (χ1v) is 10.2. The van der Waals surface area contributed by atoms with E-state index in [0.29, 0.717) is 16.8 Å². The summed E-state index contributed by atoms with van der Waals surface area (Å²) < 4.78 is 5.42. The fourth-order valence-electron chi connectivity index (χ4n) is 3.87. The minimum Gasteiger partial charge on any atom is -0.497 e. The highest BCUT2D eigenvalue weighted by Crippen LogP contribution is 2.37. The molecule has 1 heterocycles. The molecule has 4 N–H and O–H groups in total. The van der Waals surface area contributed by atoms with Crippen LogP contribution in [0.4, 0.5) is 0 Å². The van der Waals surface area contributed by atoms with E-state index in [1.165, 1.54) is 0 Å². The number of hydrogen-bond donors (Lipinski definition) is 2. The molecule has 3 aromatic rings. The van der Waals surface area contributed by atoms with E-state index in [1.54, 1.807) is 7.11 Å². The van der Waals surface area contributed by atoms with Crippen molar-refractivity contribution < 1.29 is 4.74 Å². The lowest BCUT2D eigenvalue weighted by Gasteiger charge is -2.34.